The van der Waals surface area contributed by atoms with Gasteiger partial charge in [0.05, 0.1) is 0 Å². The van der Waals surface area contributed by atoms with Crippen LogP contribution in [0.25, 0.3) is 0 Å². The van der Waals surface area contributed by atoms with Crippen LogP contribution < -0.4 is 0 Å². The normalized spacial score (nSPS) is 51.7. The van der Waals surface area contributed by atoms with Gasteiger partial charge in [-0.3, -0.25) is 9.59 Å². The Hall–Kier alpha value is -1.12. The monoisotopic (exact) mass is 343 g/mol. The summed E-state index contributed by atoms with van der Waals surface area (Å²) < 4.78 is 0. The fourth-order valence-corrected chi connectivity index (χ4v) is 7.97. The fourth-order valence-electron chi connectivity index (χ4n) is 7.97. The van der Waals surface area contributed by atoms with Crippen LogP contribution in [0, 0.1) is 40.4 Å². The molecule has 3 heteroatoms. The molecule has 0 bridgehead atoms. The summed E-state index contributed by atoms with van der Waals surface area (Å²) in [5, 5.41) is 0. The van der Waals surface area contributed by atoms with Crippen molar-refractivity contribution in [2.45, 2.75) is 65.8 Å². The third-order valence-corrected chi connectivity index (χ3v) is 8.91. The minimum Gasteiger partial charge on any atom is -0.338 e. The van der Waals surface area contributed by atoms with Gasteiger partial charge in [0, 0.05) is 24.4 Å². The highest BCUT2D eigenvalue weighted by Gasteiger charge is 2.62. The van der Waals surface area contributed by atoms with Crippen molar-refractivity contribution in [2.75, 3.05) is 7.05 Å². The van der Waals surface area contributed by atoms with Crippen LogP contribution in [0.1, 0.15) is 59.8 Å². The molecule has 0 radical (unpaired) electrons. The number of fused-ring (bicyclic) bond motifs is 5. The van der Waals surface area contributed by atoms with Crippen LogP contribution in [-0.4, -0.2) is 29.7 Å². The minimum absolute atomic E-state index is 0.102. The first-order chi connectivity index (χ1) is 11.7. The Kier molecular flexibility index (Phi) is 3.76. The quantitative estimate of drug-likeness (QED) is 0.719. The van der Waals surface area contributed by atoms with Crippen molar-refractivity contribution in [3.63, 3.8) is 0 Å². The van der Waals surface area contributed by atoms with Gasteiger partial charge in [-0.05, 0) is 74.2 Å². The number of carbonyl (C=O) groups is 2. The van der Waals surface area contributed by atoms with Crippen molar-refractivity contribution in [1.29, 1.82) is 0 Å². The second-order valence-corrected chi connectivity index (χ2v) is 9.96. The first-order valence-corrected chi connectivity index (χ1v) is 10.2. The second kappa shape index (κ2) is 5.44. The Morgan fingerprint density at radius 2 is 1.92 bits per heavy atom. The van der Waals surface area contributed by atoms with Gasteiger partial charge in [0.2, 0.25) is 5.91 Å². The van der Waals surface area contributed by atoms with E-state index in [1.165, 1.54) is 25.7 Å². The molecule has 1 heterocycles. The maximum atomic E-state index is 12.4. The molecule has 0 saturated heterocycles. The molecule has 25 heavy (non-hydrogen) atoms. The maximum absolute atomic E-state index is 12.4. The van der Waals surface area contributed by atoms with E-state index in [9.17, 15) is 9.59 Å². The molecule has 1 aliphatic heterocycles. The molecule has 3 saturated carbocycles. The lowest BCUT2D eigenvalue weighted by molar-refractivity contribution is -0.141. The molecule has 3 aliphatic carbocycles. The Morgan fingerprint density at radius 3 is 2.60 bits per heavy atom. The molecule has 0 aromatic heterocycles. The first kappa shape index (κ1) is 17.3. The van der Waals surface area contributed by atoms with Crippen LogP contribution in [0.3, 0.4) is 0 Å². The van der Waals surface area contributed by atoms with Gasteiger partial charge >= 0.3 is 0 Å². The number of amides is 1. The molecular weight excluding hydrogens is 310 g/mol. The molecule has 1 amide bonds. The number of nitrogens with zero attached hydrogens (tertiary/aromatic N) is 1. The molecule has 4 rings (SSSR count). The Morgan fingerprint density at radius 1 is 1.20 bits per heavy atom. The minimum atomic E-state index is 0.102. The summed E-state index contributed by atoms with van der Waals surface area (Å²) in [6.07, 6.45) is 9.95. The average molecular weight is 344 g/mol. The van der Waals surface area contributed by atoms with Crippen LogP contribution in [-0.2, 0) is 9.59 Å². The number of Topliss-reactive ketones (excluding diaryl/α,β-unsaturated/α-hetero) is 1. The molecule has 3 fully saturated rings. The van der Waals surface area contributed by atoms with E-state index >= 15 is 0 Å². The second-order valence-electron chi connectivity index (χ2n) is 9.96. The van der Waals surface area contributed by atoms with E-state index < -0.39 is 0 Å². The standard InChI is InChI=1S/C22H33NO2/c1-13-12-17-15-6-7-18-21(3,11-9-19(25)23(18)5)16(15)8-10-22(17,4)20(13)14(2)24/h9,11,13,15-18,20H,6-8,10,12H2,1-5H3/t13?,15-,16-,17+,18?,20?,21-,22+/m1/s1. The molecule has 4 aliphatic rings. The molecule has 3 unspecified atom stereocenters. The van der Waals surface area contributed by atoms with Crippen LogP contribution in [0.4, 0.5) is 0 Å². The Balaban J connectivity index is 1.70. The lowest BCUT2D eigenvalue weighted by atomic mass is 9.47. The SMILES string of the molecule is CC(=O)C1C(C)C[C@H]2[C@@H]3CCC4N(C)C(=O)C=C[C@]4(C)[C@@H]3CC[C@]12C. The summed E-state index contributed by atoms with van der Waals surface area (Å²) in [7, 11) is 1.98. The summed E-state index contributed by atoms with van der Waals surface area (Å²) in [5.41, 5.74) is 0.292. The molecule has 0 spiro atoms. The smallest absolute Gasteiger partial charge is 0.246 e. The van der Waals surface area contributed by atoms with Crippen molar-refractivity contribution in [3.8, 4) is 0 Å². The van der Waals surface area contributed by atoms with E-state index in [0.717, 1.165) is 6.42 Å². The topological polar surface area (TPSA) is 37.4 Å². The van der Waals surface area contributed by atoms with Crippen molar-refractivity contribution in [1.82, 2.24) is 4.90 Å². The summed E-state index contributed by atoms with van der Waals surface area (Å²) in [6.45, 7) is 8.90. The molecule has 0 aromatic carbocycles. The van der Waals surface area contributed by atoms with Crippen LogP contribution in [0.15, 0.2) is 12.2 Å². The van der Waals surface area contributed by atoms with E-state index in [0.29, 0.717) is 35.5 Å². The van der Waals surface area contributed by atoms with Crippen LogP contribution in [0.5, 0.6) is 0 Å². The van der Waals surface area contributed by atoms with Gasteiger partial charge < -0.3 is 4.90 Å². The van der Waals surface area contributed by atoms with Crippen LogP contribution >= 0.6 is 0 Å². The first-order valence-electron chi connectivity index (χ1n) is 10.2. The van der Waals surface area contributed by atoms with Gasteiger partial charge in [-0.15, -0.1) is 0 Å². The van der Waals surface area contributed by atoms with Gasteiger partial charge in [-0.1, -0.05) is 26.8 Å². The predicted octanol–water partition coefficient (Wildman–Crippen LogP) is 4.08. The maximum Gasteiger partial charge on any atom is 0.246 e. The molecule has 3 nitrogen and oxygen atoms in total. The lowest BCUT2D eigenvalue weighted by Crippen LogP contribution is -2.59. The third kappa shape index (κ3) is 2.16. The van der Waals surface area contributed by atoms with E-state index in [4.69, 9.17) is 0 Å². The van der Waals surface area contributed by atoms with Gasteiger partial charge in [0.15, 0.2) is 0 Å². The third-order valence-electron chi connectivity index (χ3n) is 8.91. The molecular formula is C22H33NO2. The summed E-state index contributed by atoms with van der Waals surface area (Å²) in [4.78, 5) is 26.5. The number of hydrogen-bond donors (Lipinski definition) is 0. The summed E-state index contributed by atoms with van der Waals surface area (Å²) in [6, 6.07) is 0.345. The summed E-state index contributed by atoms with van der Waals surface area (Å²) in [5.74, 6) is 3.35. The highest BCUT2D eigenvalue weighted by atomic mass is 16.2. The highest BCUT2D eigenvalue weighted by Crippen LogP contribution is 2.66. The number of ketones is 1. The highest BCUT2D eigenvalue weighted by molar-refractivity contribution is 5.89. The van der Waals surface area contributed by atoms with Crippen molar-refractivity contribution in [3.05, 3.63) is 12.2 Å². The number of hydrogen-bond acceptors (Lipinski definition) is 2. The van der Waals surface area contributed by atoms with Gasteiger partial charge in [-0.2, -0.15) is 0 Å². The van der Waals surface area contributed by atoms with Gasteiger partial charge in [0.1, 0.15) is 5.78 Å². The van der Waals surface area contributed by atoms with Crippen molar-refractivity contribution < 1.29 is 9.59 Å². The molecule has 138 valence electrons. The predicted molar refractivity (Wildman–Crippen MR) is 98.8 cm³/mol. The van der Waals surface area contributed by atoms with Gasteiger partial charge in [-0.25, -0.2) is 0 Å². The van der Waals surface area contributed by atoms with E-state index in [1.54, 1.807) is 0 Å². The largest absolute Gasteiger partial charge is 0.338 e. The zero-order valence-electron chi connectivity index (χ0n) is 16.4. The number of likely N-dealkylation sites (N-methyl/N-ethyl adjacent to an activating group) is 1. The van der Waals surface area contributed by atoms with Crippen LogP contribution in [0.2, 0.25) is 0 Å². The van der Waals surface area contributed by atoms with E-state index in [1.807, 2.05) is 24.9 Å². The Labute approximate surface area is 152 Å². The van der Waals surface area contributed by atoms with E-state index in [2.05, 4.69) is 26.8 Å². The van der Waals surface area contributed by atoms with Crippen molar-refractivity contribution >= 4 is 11.7 Å². The Bertz CT molecular complexity index is 640. The van der Waals surface area contributed by atoms with Gasteiger partial charge in [0.25, 0.3) is 0 Å². The number of rotatable bonds is 1. The molecule has 0 aromatic rings. The summed E-state index contributed by atoms with van der Waals surface area (Å²) >= 11 is 0. The number of carbonyl (C=O) groups excluding carboxylic acids is 2. The zero-order chi connectivity index (χ0) is 18.1. The van der Waals surface area contributed by atoms with E-state index in [-0.39, 0.29) is 22.7 Å². The zero-order valence-corrected chi connectivity index (χ0v) is 16.4. The average Bonchev–Trinajstić information content (AvgIpc) is 2.81. The lowest BCUT2D eigenvalue weighted by Gasteiger charge is -2.60. The molecule has 8 atom stereocenters. The van der Waals surface area contributed by atoms with Crippen molar-refractivity contribution in [2.24, 2.45) is 40.4 Å². The molecule has 0 N–H and O–H groups in total. The fraction of sp³-hybridized carbons (Fsp3) is 0.818.